The van der Waals surface area contributed by atoms with E-state index in [1.54, 1.807) is 25.3 Å². The molecule has 2 aromatic rings. The molecule has 114 valence electrons. The number of sulfonamides is 1. The molecule has 21 heavy (non-hydrogen) atoms. The second-order valence-electron chi connectivity index (χ2n) is 4.33. The summed E-state index contributed by atoms with van der Waals surface area (Å²) in [7, 11) is -3.53. The molecule has 2 aromatic heterocycles. The van der Waals surface area contributed by atoms with Gasteiger partial charge in [0.05, 0.1) is 11.5 Å². The van der Waals surface area contributed by atoms with E-state index in [1.165, 1.54) is 10.7 Å². The van der Waals surface area contributed by atoms with Gasteiger partial charge in [-0.2, -0.15) is 5.10 Å². The van der Waals surface area contributed by atoms with E-state index in [9.17, 15) is 18.5 Å². The summed E-state index contributed by atoms with van der Waals surface area (Å²) < 4.78 is 27.9. The van der Waals surface area contributed by atoms with Crippen LogP contribution in [0.5, 0.6) is 0 Å². The van der Waals surface area contributed by atoms with Crippen LogP contribution < -0.4 is 4.72 Å². The zero-order valence-corrected chi connectivity index (χ0v) is 13.1. The predicted octanol–water partition coefficient (Wildman–Crippen LogP) is 1.45. The fourth-order valence-electron chi connectivity index (χ4n) is 1.94. The number of aromatic nitrogens is 2. The molecular formula is C11H14N4O4S2. The summed E-state index contributed by atoms with van der Waals surface area (Å²) in [5, 5.41) is 16.6. The molecular weight excluding hydrogens is 316 g/mol. The van der Waals surface area contributed by atoms with E-state index in [1.807, 2.05) is 0 Å². The highest BCUT2D eigenvalue weighted by Crippen LogP contribution is 2.21. The molecule has 10 heteroatoms. The van der Waals surface area contributed by atoms with Crippen molar-refractivity contribution in [1.29, 1.82) is 0 Å². The second kappa shape index (κ2) is 5.92. The van der Waals surface area contributed by atoms with E-state index in [4.69, 9.17) is 0 Å². The first-order valence-corrected chi connectivity index (χ1v) is 8.41. The lowest BCUT2D eigenvalue weighted by Crippen LogP contribution is -2.27. The summed E-state index contributed by atoms with van der Waals surface area (Å²) in [5.41, 5.74) is 0.697. The van der Waals surface area contributed by atoms with E-state index in [0.717, 1.165) is 11.3 Å². The van der Waals surface area contributed by atoms with Crippen LogP contribution in [-0.2, 0) is 16.6 Å². The number of nitrogens with zero attached hydrogens (tertiary/aromatic N) is 3. The molecule has 0 atom stereocenters. The molecule has 0 radical (unpaired) electrons. The maximum absolute atomic E-state index is 11.9. The Labute approximate surface area is 125 Å². The van der Waals surface area contributed by atoms with Crippen molar-refractivity contribution in [2.45, 2.75) is 24.6 Å². The highest BCUT2D eigenvalue weighted by atomic mass is 32.2. The lowest BCUT2D eigenvalue weighted by Gasteiger charge is -2.06. The molecule has 0 aromatic carbocycles. The summed E-state index contributed by atoms with van der Waals surface area (Å²) >= 11 is 1.13. The Kier molecular flexibility index (Phi) is 4.40. The van der Waals surface area contributed by atoms with Gasteiger partial charge >= 0.3 is 5.69 Å². The van der Waals surface area contributed by atoms with Gasteiger partial charge < -0.3 is 0 Å². The molecule has 0 saturated heterocycles. The second-order valence-corrected chi connectivity index (χ2v) is 7.27. The van der Waals surface area contributed by atoms with E-state index in [-0.39, 0.29) is 23.0 Å². The quantitative estimate of drug-likeness (QED) is 0.637. The molecule has 0 unspecified atom stereocenters. The van der Waals surface area contributed by atoms with E-state index < -0.39 is 14.9 Å². The number of nitro groups is 1. The van der Waals surface area contributed by atoms with Gasteiger partial charge in [0.15, 0.2) is 0 Å². The summed E-state index contributed by atoms with van der Waals surface area (Å²) in [6.45, 7) is 3.48. The number of rotatable bonds is 6. The van der Waals surface area contributed by atoms with Gasteiger partial charge in [-0.25, -0.2) is 13.1 Å². The van der Waals surface area contributed by atoms with Gasteiger partial charge in [-0.3, -0.25) is 14.8 Å². The van der Waals surface area contributed by atoms with Gasteiger partial charge in [0.2, 0.25) is 10.0 Å². The van der Waals surface area contributed by atoms with Gasteiger partial charge in [0.1, 0.15) is 15.6 Å². The molecule has 0 aliphatic heterocycles. The van der Waals surface area contributed by atoms with Crippen molar-refractivity contribution in [3.8, 4) is 0 Å². The van der Waals surface area contributed by atoms with Gasteiger partial charge in [-0.05, 0) is 25.3 Å². The summed E-state index contributed by atoms with van der Waals surface area (Å²) in [6, 6.07) is 3.17. The van der Waals surface area contributed by atoms with Crippen molar-refractivity contribution < 1.29 is 13.3 Å². The maximum Gasteiger partial charge on any atom is 0.312 e. The van der Waals surface area contributed by atoms with Crippen molar-refractivity contribution in [3.63, 3.8) is 0 Å². The molecule has 0 saturated carbocycles. The summed E-state index contributed by atoms with van der Waals surface area (Å²) in [6.07, 6.45) is 0. The third-order valence-corrected chi connectivity index (χ3v) is 5.76. The first-order valence-electron chi connectivity index (χ1n) is 6.04. The Morgan fingerprint density at radius 1 is 1.48 bits per heavy atom. The molecule has 0 fully saturated rings. The van der Waals surface area contributed by atoms with Gasteiger partial charge in [-0.1, -0.05) is 6.07 Å². The normalized spacial score (nSPS) is 11.7. The average molecular weight is 330 g/mol. The Bertz CT molecular complexity index is 750. The highest BCUT2D eigenvalue weighted by molar-refractivity contribution is 7.91. The Hall–Kier alpha value is -1.78. The SMILES string of the molecule is Cc1nn(CCNS(=O)(=O)c2cccs2)c(C)c1[N+](=O)[O-]. The first-order chi connectivity index (χ1) is 9.83. The van der Waals surface area contributed by atoms with Crippen LogP contribution in [0.3, 0.4) is 0 Å². The maximum atomic E-state index is 11.9. The Morgan fingerprint density at radius 3 is 2.71 bits per heavy atom. The smallest absolute Gasteiger partial charge is 0.261 e. The number of aryl methyl sites for hydroxylation is 1. The Morgan fingerprint density at radius 2 is 2.19 bits per heavy atom. The molecule has 0 aliphatic rings. The predicted molar refractivity (Wildman–Crippen MR) is 77.9 cm³/mol. The van der Waals surface area contributed by atoms with E-state index >= 15 is 0 Å². The van der Waals surface area contributed by atoms with Crippen LogP contribution >= 0.6 is 11.3 Å². The molecule has 0 aliphatic carbocycles. The lowest BCUT2D eigenvalue weighted by atomic mass is 10.3. The third kappa shape index (κ3) is 3.28. The van der Waals surface area contributed by atoms with Gasteiger partial charge in [0.25, 0.3) is 0 Å². The molecule has 0 bridgehead atoms. The van der Waals surface area contributed by atoms with E-state index in [2.05, 4.69) is 9.82 Å². The molecule has 8 nitrogen and oxygen atoms in total. The van der Waals surface area contributed by atoms with Crippen LogP contribution in [0, 0.1) is 24.0 Å². The minimum Gasteiger partial charge on any atom is -0.261 e. The largest absolute Gasteiger partial charge is 0.312 e. The van der Waals surface area contributed by atoms with Crippen LogP contribution in [0.4, 0.5) is 5.69 Å². The number of hydrogen-bond donors (Lipinski definition) is 1. The molecule has 2 rings (SSSR count). The molecule has 1 N–H and O–H groups in total. The van der Waals surface area contributed by atoms with E-state index in [0.29, 0.717) is 11.4 Å². The average Bonchev–Trinajstić information content (AvgIpc) is 2.98. The summed E-state index contributed by atoms with van der Waals surface area (Å²) in [5.74, 6) is 0. The van der Waals surface area contributed by atoms with Crippen LogP contribution in [0.2, 0.25) is 0 Å². The third-order valence-electron chi connectivity index (χ3n) is 2.90. The zero-order valence-electron chi connectivity index (χ0n) is 11.4. The molecule has 2 heterocycles. The van der Waals surface area contributed by atoms with Crippen molar-refractivity contribution in [2.24, 2.45) is 0 Å². The number of nitrogens with one attached hydrogen (secondary N) is 1. The fourth-order valence-corrected chi connectivity index (χ4v) is 4.00. The number of thiophene rings is 1. The molecule has 0 amide bonds. The first kappa shape index (κ1) is 15.6. The standard InChI is InChI=1S/C11H14N4O4S2/c1-8-11(15(16)17)9(2)14(13-8)6-5-12-21(18,19)10-4-3-7-20-10/h3-4,7,12H,5-6H2,1-2H3. The van der Waals surface area contributed by atoms with Gasteiger partial charge in [-0.15, -0.1) is 11.3 Å². The van der Waals surface area contributed by atoms with Crippen molar-refractivity contribution in [2.75, 3.05) is 6.54 Å². The van der Waals surface area contributed by atoms with Crippen LogP contribution in [-0.4, -0.2) is 29.7 Å². The van der Waals surface area contributed by atoms with Crippen molar-refractivity contribution in [1.82, 2.24) is 14.5 Å². The topological polar surface area (TPSA) is 107 Å². The minimum atomic E-state index is -3.53. The van der Waals surface area contributed by atoms with Gasteiger partial charge in [0, 0.05) is 6.54 Å². The van der Waals surface area contributed by atoms with Crippen LogP contribution in [0.1, 0.15) is 11.4 Å². The Balaban J connectivity index is 2.05. The van der Waals surface area contributed by atoms with Crippen molar-refractivity contribution in [3.05, 3.63) is 39.0 Å². The minimum absolute atomic E-state index is 0.0314. The summed E-state index contributed by atoms with van der Waals surface area (Å²) in [4.78, 5) is 10.4. The highest BCUT2D eigenvalue weighted by Gasteiger charge is 2.22. The van der Waals surface area contributed by atoms with Crippen LogP contribution in [0.15, 0.2) is 21.7 Å². The number of hydrogen-bond acceptors (Lipinski definition) is 6. The molecule has 0 spiro atoms. The lowest BCUT2D eigenvalue weighted by molar-refractivity contribution is -0.386. The monoisotopic (exact) mass is 330 g/mol. The van der Waals surface area contributed by atoms with Crippen LogP contribution in [0.25, 0.3) is 0 Å². The fraction of sp³-hybridized carbons (Fsp3) is 0.364. The zero-order chi connectivity index (χ0) is 15.6. The van der Waals surface area contributed by atoms with Crippen molar-refractivity contribution >= 4 is 27.0 Å².